The highest BCUT2D eigenvalue weighted by Gasteiger charge is 2.36. The van der Waals surface area contributed by atoms with E-state index in [9.17, 15) is 4.79 Å². The molecule has 0 heterocycles. The minimum atomic E-state index is -2.55. The van der Waals surface area contributed by atoms with Crippen molar-refractivity contribution in [3.8, 4) is 0 Å². The van der Waals surface area contributed by atoms with Gasteiger partial charge in [-0.25, -0.2) is 4.79 Å². The van der Waals surface area contributed by atoms with E-state index in [1.54, 1.807) is 28.3 Å². The van der Waals surface area contributed by atoms with Crippen LogP contribution in [0.25, 0.3) is 0 Å². The van der Waals surface area contributed by atoms with Crippen LogP contribution in [0.1, 0.15) is 13.3 Å². The third-order valence-electron chi connectivity index (χ3n) is 2.13. The van der Waals surface area contributed by atoms with E-state index in [4.69, 9.17) is 18.2 Å². The third kappa shape index (κ3) is 5.94. The Balaban J connectivity index is 3.76. The number of carbonyl (C=O) groups is 1. The molecule has 0 aliphatic rings. The van der Waals surface area contributed by atoms with Crippen molar-refractivity contribution in [1.29, 1.82) is 0 Å². The summed E-state index contributed by atoms with van der Waals surface area (Å²) in [7, 11) is 2.07. The van der Waals surface area contributed by atoms with Crippen LogP contribution in [-0.2, 0) is 27.8 Å². The minimum Gasteiger partial charge on any atom is -0.377 e. The molecule has 0 unspecified atom stereocenters. The molecule has 0 aliphatic heterocycles. The highest BCUT2D eigenvalue weighted by Crippen LogP contribution is 2.14. The summed E-state index contributed by atoms with van der Waals surface area (Å²) < 4.78 is 15.7. The van der Waals surface area contributed by atoms with Crippen LogP contribution in [0.2, 0.25) is 6.04 Å². The molecule has 6 nitrogen and oxygen atoms in total. The van der Waals surface area contributed by atoms with E-state index >= 15 is 0 Å². The van der Waals surface area contributed by atoms with Crippen LogP contribution in [0.3, 0.4) is 0 Å². The van der Waals surface area contributed by atoms with Crippen molar-refractivity contribution in [2.75, 3.05) is 27.9 Å². The molecule has 100 valence electrons. The Morgan fingerprint density at radius 1 is 1.18 bits per heavy atom. The Labute approximate surface area is 103 Å². The summed E-state index contributed by atoms with van der Waals surface area (Å²) in [6.45, 7) is 5.23. The first kappa shape index (κ1) is 16.3. The molecular weight excluding hydrogens is 244 g/mol. The fourth-order valence-corrected chi connectivity index (χ4v) is 2.76. The summed E-state index contributed by atoms with van der Waals surface area (Å²) >= 11 is 0. The van der Waals surface area contributed by atoms with Gasteiger partial charge in [-0.15, -0.1) is 0 Å². The van der Waals surface area contributed by atoms with Crippen LogP contribution in [-0.4, -0.2) is 42.7 Å². The van der Waals surface area contributed by atoms with Gasteiger partial charge in [-0.2, -0.15) is 4.89 Å². The second-order valence-electron chi connectivity index (χ2n) is 3.37. The molecule has 0 radical (unpaired) electrons. The quantitative estimate of drug-likeness (QED) is 0.206. The Kier molecular flexibility index (Phi) is 8.01. The lowest BCUT2D eigenvalue weighted by Crippen LogP contribution is -2.42. The van der Waals surface area contributed by atoms with E-state index in [1.165, 1.54) is 0 Å². The molecular formula is C10H20O6Si. The molecule has 0 saturated heterocycles. The molecule has 0 aromatic rings. The van der Waals surface area contributed by atoms with Crippen molar-refractivity contribution in [2.45, 2.75) is 19.4 Å². The van der Waals surface area contributed by atoms with Crippen LogP contribution in [0.15, 0.2) is 12.2 Å². The largest absolute Gasteiger partial charge is 0.500 e. The molecule has 0 bridgehead atoms. The van der Waals surface area contributed by atoms with Crippen molar-refractivity contribution >= 4 is 14.8 Å². The molecule has 17 heavy (non-hydrogen) atoms. The van der Waals surface area contributed by atoms with E-state index in [1.807, 2.05) is 0 Å². The topological polar surface area (TPSA) is 63.2 Å². The van der Waals surface area contributed by atoms with Crippen LogP contribution < -0.4 is 0 Å². The van der Waals surface area contributed by atoms with Gasteiger partial charge in [0.1, 0.15) is 0 Å². The molecule has 0 aromatic heterocycles. The van der Waals surface area contributed by atoms with E-state index in [2.05, 4.69) is 11.5 Å². The van der Waals surface area contributed by atoms with Gasteiger partial charge in [0.2, 0.25) is 0 Å². The van der Waals surface area contributed by atoms with Gasteiger partial charge < -0.3 is 13.3 Å². The van der Waals surface area contributed by atoms with E-state index in [0.29, 0.717) is 18.0 Å². The van der Waals surface area contributed by atoms with Crippen molar-refractivity contribution < 1.29 is 27.8 Å². The van der Waals surface area contributed by atoms with Gasteiger partial charge in [0, 0.05) is 32.9 Å². The van der Waals surface area contributed by atoms with E-state index in [-0.39, 0.29) is 6.61 Å². The zero-order valence-electron chi connectivity index (χ0n) is 10.8. The fourth-order valence-electron chi connectivity index (χ4n) is 1.07. The average Bonchev–Trinajstić information content (AvgIpc) is 2.34. The van der Waals surface area contributed by atoms with Gasteiger partial charge >= 0.3 is 14.8 Å². The lowest BCUT2D eigenvalue weighted by molar-refractivity contribution is -0.268. The van der Waals surface area contributed by atoms with Gasteiger partial charge in [0.05, 0.1) is 6.61 Å². The zero-order valence-corrected chi connectivity index (χ0v) is 11.8. The van der Waals surface area contributed by atoms with Gasteiger partial charge in [-0.1, -0.05) is 6.58 Å². The summed E-state index contributed by atoms with van der Waals surface area (Å²) in [4.78, 5) is 20.2. The number of hydrogen-bond acceptors (Lipinski definition) is 6. The van der Waals surface area contributed by atoms with Crippen LogP contribution in [0, 0.1) is 0 Å². The summed E-state index contributed by atoms with van der Waals surface area (Å²) in [6.07, 6.45) is 0.602. The first-order valence-electron chi connectivity index (χ1n) is 5.16. The maximum atomic E-state index is 11.0. The highest BCUT2D eigenvalue weighted by atomic mass is 28.4. The molecule has 0 amide bonds. The standard InChI is InChI=1S/C10H20O6Si/c1-9(2)10(11)16-15-7-6-8-17(12-3,13-4)14-5/h1,6-8H2,2-5H3. The number of rotatable bonds is 9. The Bertz CT molecular complexity index is 243. The average molecular weight is 264 g/mol. The Morgan fingerprint density at radius 3 is 2.12 bits per heavy atom. The molecule has 0 saturated carbocycles. The normalized spacial score (nSPS) is 11.3. The maximum Gasteiger partial charge on any atom is 0.500 e. The zero-order chi connectivity index (χ0) is 13.3. The Hall–Kier alpha value is -0.733. The number of carbonyl (C=O) groups excluding carboxylic acids is 1. The minimum absolute atomic E-state index is 0.254. The third-order valence-corrected chi connectivity index (χ3v) is 4.96. The predicted molar refractivity (Wildman–Crippen MR) is 63.1 cm³/mol. The van der Waals surface area contributed by atoms with Crippen LogP contribution >= 0.6 is 0 Å². The summed E-state index contributed by atoms with van der Waals surface area (Å²) in [6, 6.07) is 0.584. The van der Waals surface area contributed by atoms with Gasteiger partial charge in [0.15, 0.2) is 0 Å². The lowest BCUT2D eigenvalue weighted by Gasteiger charge is -2.23. The van der Waals surface area contributed by atoms with Crippen molar-refractivity contribution in [3.63, 3.8) is 0 Å². The van der Waals surface area contributed by atoms with E-state index < -0.39 is 14.8 Å². The van der Waals surface area contributed by atoms with Crippen molar-refractivity contribution in [1.82, 2.24) is 0 Å². The molecule has 0 N–H and O–H groups in total. The van der Waals surface area contributed by atoms with E-state index in [0.717, 1.165) is 0 Å². The van der Waals surface area contributed by atoms with Gasteiger partial charge in [0.25, 0.3) is 0 Å². The number of hydrogen-bond donors (Lipinski definition) is 0. The first-order valence-corrected chi connectivity index (χ1v) is 7.09. The molecule has 0 aliphatic carbocycles. The molecule has 0 aromatic carbocycles. The van der Waals surface area contributed by atoms with Crippen LogP contribution in [0.5, 0.6) is 0 Å². The van der Waals surface area contributed by atoms with Gasteiger partial charge in [-0.05, 0) is 13.3 Å². The summed E-state index contributed by atoms with van der Waals surface area (Å²) in [5.74, 6) is -0.571. The molecule has 7 heteroatoms. The van der Waals surface area contributed by atoms with Crippen LogP contribution in [0.4, 0.5) is 0 Å². The SMILES string of the molecule is C=C(C)C(=O)OOCCC[Si](OC)(OC)OC. The molecule has 0 spiro atoms. The van der Waals surface area contributed by atoms with Gasteiger partial charge in [-0.3, -0.25) is 4.89 Å². The fraction of sp³-hybridized carbons (Fsp3) is 0.700. The second-order valence-corrected chi connectivity index (χ2v) is 6.46. The smallest absolute Gasteiger partial charge is 0.377 e. The molecule has 0 rings (SSSR count). The summed E-state index contributed by atoms with van der Waals surface area (Å²) in [5, 5.41) is 0. The molecule has 0 fully saturated rings. The predicted octanol–water partition coefficient (Wildman–Crippen LogP) is 1.31. The second kappa shape index (κ2) is 8.37. The first-order chi connectivity index (χ1) is 8.01. The Morgan fingerprint density at radius 2 is 1.71 bits per heavy atom. The lowest BCUT2D eigenvalue weighted by atomic mass is 10.4. The van der Waals surface area contributed by atoms with Crippen molar-refractivity contribution in [3.05, 3.63) is 12.2 Å². The monoisotopic (exact) mass is 264 g/mol. The molecule has 0 atom stereocenters. The summed E-state index contributed by atoms with van der Waals surface area (Å²) in [5.41, 5.74) is 0.291. The highest BCUT2D eigenvalue weighted by molar-refractivity contribution is 6.60. The maximum absolute atomic E-state index is 11.0. The van der Waals surface area contributed by atoms with Crippen molar-refractivity contribution in [2.24, 2.45) is 0 Å².